The van der Waals surface area contributed by atoms with Crippen molar-refractivity contribution in [3.05, 3.63) is 41.5 Å². The Labute approximate surface area is 243 Å². The normalized spacial score (nSPS) is 37.8. The Kier molecular flexibility index (Phi) is 9.17. The molecule has 2 aromatic rings. The number of rotatable bonds is 7. The second kappa shape index (κ2) is 12.5. The Morgan fingerprint density at radius 3 is 2.09 bits per heavy atom. The fourth-order valence-corrected chi connectivity index (χ4v) is 5.33. The van der Waals surface area contributed by atoms with Crippen LogP contribution in [0.1, 0.15) is 17.2 Å². The molecule has 0 bridgehead atoms. The lowest BCUT2D eigenvalue weighted by Gasteiger charge is -2.45. The minimum absolute atomic E-state index is 0.0200. The zero-order chi connectivity index (χ0) is 31.2. The third-order valence-electron chi connectivity index (χ3n) is 7.70. The van der Waals surface area contributed by atoms with Gasteiger partial charge in [-0.2, -0.15) is 0 Å². The van der Waals surface area contributed by atoms with Crippen molar-refractivity contribution in [3.63, 3.8) is 0 Å². The number of aliphatic hydroxyl groups is 8. The lowest BCUT2D eigenvalue weighted by molar-refractivity contribution is -0.352. The number of fused-ring (bicyclic) bond motifs is 1. The zero-order valence-electron chi connectivity index (χ0n) is 22.4. The van der Waals surface area contributed by atoms with Crippen LogP contribution in [0.3, 0.4) is 0 Å². The third-order valence-corrected chi connectivity index (χ3v) is 7.70. The Balaban J connectivity index is 1.32. The molecule has 0 radical (unpaired) electrons. The maximum absolute atomic E-state index is 10.8. The van der Waals surface area contributed by atoms with Crippen molar-refractivity contribution in [1.29, 1.82) is 0 Å². The monoisotopic (exact) mass is 614 g/mol. The summed E-state index contributed by atoms with van der Waals surface area (Å²) in [6.07, 6.45) is -18.8. The molecule has 0 saturated carbocycles. The molecule has 12 atom stereocenters. The van der Waals surface area contributed by atoms with Crippen LogP contribution in [0, 0.1) is 0 Å². The third kappa shape index (κ3) is 6.04. The number of aromatic hydroxyl groups is 3. The highest BCUT2D eigenvalue weighted by atomic mass is 16.7. The van der Waals surface area contributed by atoms with E-state index in [9.17, 15) is 56.2 Å². The van der Waals surface area contributed by atoms with Crippen molar-refractivity contribution in [1.82, 2.24) is 0 Å². The van der Waals surface area contributed by atoms with Crippen molar-refractivity contribution >= 4 is 0 Å². The number of ether oxygens (including phenoxy) is 5. The molecule has 238 valence electrons. The van der Waals surface area contributed by atoms with E-state index in [0.29, 0.717) is 11.1 Å². The number of phenols is 3. The second-order valence-corrected chi connectivity index (χ2v) is 10.6. The quantitative estimate of drug-likeness (QED) is 0.147. The SMILES string of the molecule is OC[C@H]1O[C@H](O[C@H]2[C@H](O)[C@@H](O)[C@@H](Oc3cc(C4Oc5cc(O)cc(O)c5CC4O)ccc3O)O[C@@H]2CO)[C@H](O)[C@@H](O)[C@@H]1O. The molecule has 2 unspecified atom stereocenters. The summed E-state index contributed by atoms with van der Waals surface area (Å²) in [6.45, 7) is -1.53. The van der Waals surface area contributed by atoms with Crippen LogP contribution in [0.4, 0.5) is 0 Å². The van der Waals surface area contributed by atoms with E-state index < -0.39 is 92.6 Å². The van der Waals surface area contributed by atoms with Gasteiger partial charge >= 0.3 is 0 Å². The van der Waals surface area contributed by atoms with Gasteiger partial charge in [0, 0.05) is 24.1 Å². The van der Waals surface area contributed by atoms with Gasteiger partial charge < -0.3 is 79.9 Å². The molecule has 3 aliphatic heterocycles. The van der Waals surface area contributed by atoms with Crippen LogP contribution in [0.15, 0.2) is 30.3 Å². The smallest absolute Gasteiger partial charge is 0.229 e. The van der Waals surface area contributed by atoms with Gasteiger partial charge in [-0.05, 0) is 17.7 Å². The van der Waals surface area contributed by atoms with Gasteiger partial charge in [-0.15, -0.1) is 0 Å². The van der Waals surface area contributed by atoms with E-state index in [0.717, 1.165) is 6.07 Å². The van der Waals surface area contributed by atoms with Crippen LogP contribution in [0.5, 0.6) is 28.7 Å². The van der Waals surface area contributed by atoms with Gasteiger partial charge in [0.2, 0.25) is 6.29 Å². The fourth-order valence-electron chi connectivity index (χ4n) is 5.33. The molecule has 11 N–H and O–H groups in total. The van der Waals surface area contributed by atoms with Crippen LogP contribution in [-0.2, 0) is 20.6 Å². The summed E-state index contributed by atoms with van der Waals surface area (Å²) in [5.74, 6) is -1.06. The highest BCUT2D eigenvalue weighted by Crippen LogP contribution is 2.43. The Hall–Kier alpha value is -3.00. The highest BCUT2D eigenvalue weighted by Gasteiger charge is 2.51. The maximum Gasteiger partial charge on any atom is 0.229 e. The molecule has 43 heavy (non-hydrogen) atoms. The number of hydrogen-bond donors (Lipinski definition) is 11. The number of phenolic OH excluding ortho intramolecular Hbond substituents is 3. The van der Waals surface area contributed by atoms with E-state index in [2.05, 4.69) is 0 Å². The van der Waals surface area contributed by atoms with E-state index in [1.165, 1.54) is 24.3 Å². The zero-order valence-corrected chi connectivity index (χ0v) is 22.4. The van der Waals surface area contributed by atoms with Crippen LogP contribution >= 0.6 is 0 Å². The molecule has 2 aromatic carbocycles. The molecule has 3 aliphatic rings. The van der Waals surface area contributed by atoms with Crippen LogP contribution in [0.25, 0.3) is 0 Å². The summed E-state index contributed by atoms with van der Waals surface area (Å²) in [5, 5.41) is 112. The summed E-state index contributed by atoms with van der Waals surface area (Å²) in [4.78, 5) is 0. The minimum atomic E-state index is -1.87. The maximum atomic E-state index is 10.8. The van der Waals surface area contributed by atoms with Crippen molar-refractivity contribution in [2.24, 2.45) is 0 Å². The largest absolute Gasteiger partial charge is 0.508 e. The van der Waals surface area contributed by atoms with Gasteiger partial charge in [0.15, 0.2) is 17.8 Å². The second-order valence-electron chi connectivity index (χ2n) is 10.6. The summed E-state index contributed by atoms with van der Waals surface area (Å²) < 4.78 is 27.9. The molecule has 0 aliphatic carbocycles. The molecule has 2 fully saturated rings. The first-order chi connectivity index (χ1) is 20.4. The van der Waals surface area contributed by atoms with Crippen molar-refractivity contribution in [2.75, 3.05) is 13.2 Å². The lowest BCUT2D eigenvalue weighted by Crippen LogP contribution is -2.65. The van der Waals surface area contributed by atoms with Gasteiger partial charge in [0.25, 0.3) is 0 Å². The van der Waals surface area contributed by atoms with Gasteiger partial charge in [0.1, 0.15) is 72.2 Å². The lowest BCUT2D eigenvalue weighted by atomic mass is 9.94. The first-order valence-electron chi connectivity index (χ1n) is 13.4. The molecule has 0 amide bonds. The molecule has 0 aromatic heterocycles. The summed E-state index contributed by atoms with van der Waals surface area (Å²) >= 11 is 0. The van der Waals surface area contributed by atoms with E-state index in [1.54, 1.807) is 0 Å². The molecule has 5 rings (SSSR count). The van der Waals surface area contributed by atoms with E-state index in [1.807, 2.05) is 0 Å². The van der Waals surface area contributed by atoms with Crippen LogP contribution in [-0.4, -0.2) is 137 Å². The molecule has 3 heterocycles. The van der Waals surface area contributed by atoms with Crippen LogP contribution < -0.4 is 9.47 Å². The predicted molar refractivity (Wildman–Crippen MR) is 138 cm³/mol. The standard InChI is InChI=1S/C27H34O16/c28-7-17-19(34)20(35)22(37)27(41-17)43-25-18(8-29)42-26(23(38)21(25)36)40-16-3-9(1-2-12(16)31)24-14(33)6-11-13(32)4-10(30)5-15(11)39-24/h1-5,14,17-38H,6-8H2/t14?,17-,18-,19-,20+,21-,22-,23-,24?,25-,26+,27-/m1/s1. The van der Waals surface area contributed by atoms with E-state index in [4.69, 9.17) is 23.7 Å². The van der Waals surface area contributed by atoms with Gasteiger partial charge in [-0.1, -0.05) is 6.07 Å². The molecular formula is C27H34O16. The van der Waals surface area contributed by atoms with Gasteiger partial charge in [-0.3, -0.25) is 0 Å². The van der Waals surface area contributed by atoms with Crippen molar-refractivity contribution in [2.45, 2.75) is 80.0 Å². The Bertz CT molecular complexity index is 1270. The average molecular weight is 615 g/mol. The molecule has 0 spiro atoms. The number of aliphatic hydroxyl groups excluding tert-OH is 8. The Morgan fingerprint density at radius 2 is 1.40 bits per heavy atom. The van der Waals surface area contributed by atoms with Crippen molar-refractivity contribution < 1.29 is 79.9 Å². The average Bonchev–Trinajstić information content (AvgIpc) is 2.98. The molecule has 16 nitrogen and oxygen atoms in total. The predicted octanol–water partition coefficient (Wildman–Crippen LogP) is -3.16. The van der Waals surface area contributed by atoms with Gasteiger partial charge in [0.05, 0.1) is 19.3 Å². The highest BCUT2D eigenvalue weighted by molar-refractivity contribution is 5.52. The number of benzene rings is 2. The number of hydrogen-bond acceptors (Lipinski definition) is 16. The Morgan fingerprint density at radius 1 is 0.721 bits per heavy atom. The topological polar surface area (TPSA) is 269 Å². The fraction of sp³-hybridized carbons (Fsp3) is 0.556. The van der Waals surface area contributed by atoms with Crippen molar-refractivity contribution in [3.8, 4) is 28.7 Å². The minimum Gasteiger partial charge on any atom is -0.508 e. The summed E-state index contributed by atoms with van der Waals surface area (Å²) in [7, 11) is 0. The first-order valence-corrected chi connectivity index (χ1v) is 13.4. The summed E-state index contributed by atoms with van der Waals surface area (Å²) in [6, 6.07) is 6.32. The molecular weight excluding hydrogens is 580 g/mol. The summed E-state index contributed by atoms with van der Waals surface area (Å²) in [5.41, 5.74) is 0.585. The van der Waals surface area contributed by atoms with Crippen LogP contribution in [0.2, 0.25) is 0 Å². The molecule has 16 heteroatoms. The van der Waals surface area contributed by atoms with Gasteiger partial charge in [-0.25, -0.2) is 0 Å². The first kappa shape index (κ1) is 31.4. The van der Waals surface area contributed by atoms with E-state index in [-0.39, 0.29) is 29.4 Å². The molecule has 2 saturated heterocycles. The van der Waals surface area contributed by atoms with E-state index >= 15 is 0 Å².